The van der Waals surface area contributed by atoms with Gasteiger partial charge in [0, 0.05) is 6.54 Å². The second-order valence-electron chi connectivity index (χ2n) is 8.33. The maximum absolute atomic E-state index is 12.4. The third kappa shape index (κ3) is 5.29. The van der Waals surface area contributed by atoms with Crippen molar-refractivity contribution in [1.82, 2.24) is 10.3 Å². The molecule has 2 N–H and O–H groups in total. The monoisotopic (exact) mass is 485 g/mol. The molecule has 3 aromatic rings. The molecule has 35 heavy (non-hydrogen) atoms. The number of anilines is 2. The minimum Gasteiger partial charge on any atom is -0.444 e. The molecule has 2 aliphatic rings. The Labute approximate surface area is 207 Å². The van der Waals surface area contributed by atoms with Crippen LogP contribution in [-0.4, -0.2) is 41.9 Å². The molecule has 1 aromatic heterocycles. The first-order valence-corrected chi connectivity index (χ1v) is 12.3. The van der Waals surface area contributed by atoms with Crippen LogP contribution < -0.4 is 15.5 Å². The van der Waals surface area contributed by atoms with Gasteiger partial charge in [-0.25, -0.2) is 9.78 Å². The highest BCUT2D eigenvalue weighted by atomic mass is 32.2. The zero-order valence-corrected chi connectivity index (χ0v) is 19.7. The lowest BCUT2D eigenvalue weighted by atomic mass is 10.0. The van der Waals surface area contributed by atoms with Crippen molar-refractivity contribution < 1.29 is 14.3 Å². The molecular formula is C26H23N5O3S. The number of fused-ring (bicyclic) bond motifs is 1. The zero-order chi connectivity index (χ0) is 24.2. The van der Waals surface area contributed by atoms with Gasteiger partial charge >= 0.3 is 6.09 Å². The van der Waals surface area contributed by atoms with Gasteiger partial charge in [0.1, 0.15) is 17.7 Å². The molecule has 176 valence electrons. The number of carbonyl (C=O) groups is 2. The van der Waals surface area contributed by atoms with Crippen molar-refractivity contribution in [2.24, 2.45) is 0 Å². The van der Waals surface area contributed by atoms with E-state index in [0.29, 0.717) is 49.0 Å². The minimum atomic E-state index is -0.426. The van der Waals surface area contributed by atoms with Gasteiger partial charge in [-0.05, 0) is 60.0 Å². The number of amides is 2. The van der Waals surface area contributed by atoms with Crippen molar-refractivity contribution in [3.8, 4) is 17.2 Å². The van der Waals surface area contributed by atoms with Crippen LogP contribution >= 0.6 is 11.8 Å². The highest BCUT2D eigenvalue weighted by Crippen LogP contribution is 2.32. The number of nitrogens with one attached hydrogen (secondary N) is 2. The Kier molecular flexibility index (Phi) is 6.66. The van der Waals surface area contributed by atoms with Gasteiger partial charge in [0.15, 0.2) is 0 Å². The third-order valence-corrected chi connectivity index (χ3v) is 6.88. The Morgan fingerprint density at radius 3 is 2.83 bits per heavy atom. The van der Waals surface area contributed by atoms with Crippen molar-refractivity contribution in [1.29, 1.82) is 5.26 Å². The summed E-state index contributed by atoms with van der Waals surface area (Å²) in [6, 6.07) is 21.6. The molecule has 0 saturated carbocycles. The summed E-state index contributed by atoms with van der Waals surface area (Å²) in [5, 5.41) is 15.3. The Bertz CT molecular complexity index is 1320. The van der Waals surface area contributed by atoms with Gasteiger partial charge < -0.3 is 15.4 Å². The zero-order valence-electron chi connectivity index (χ0n) is 18.9. The molecule has 0 aliphatic carbocycles. The van der Waals surface area contributed by atoms with Crippen molar-refractivity contribution in [2.75, 3.05) is 29.1 Å². The number of nitriles is 1. The number of pyridine rings is 1. The first-order valence-electron chi connectivity index (χ1n) is 11.3. The van der Waals surface area contributed by atoms with Crippen LogP contribution in [0.4, 0.5) is 16.4 Å². The summed E-state index contributed by atoms with van der Waals surface area (Å²) in [7, 11) is 0. The molecule has 0 radical (unpaired) electrons. The molecule has 9 heteroatoms. The summed E-state index contributed by atoms with van der Waals surface area (Å²) in [4.78, 5) is 30.9. The van der Waals surface area contributed by atoms with Gasteiger partial charge in [0.05, 0.1) is 28.8 Å². The van der Waals surface area contributed by atoms with Crippen LogP contribution in [0, 0.1) is 11.3 Å². The number of carbonyl (C=O) groups excluding carboxylic acids is 2. The molecular weight excluding hydrogens is 462 g/mol. The van der Waals surface area contributed by atoms with E-state index < -0.39 is 6.09 Å². The van der Waals surface area contributed by atoms with Gasteiger partial charge in [-0.15, -0.1) is 11.8 Å². The molecule has 2 amide bonds. The van der Waals surface area contributed by atoms with Gasteiger partial charge in [-0.1, -0.05) is 30.3 Å². The van der Waals surface area contributed by atoms with Crippen LogP contribution in [0.1, 0.15) is 17.5 Å². The Balaban J connectivity index is 1.14. The summed E-state index contributed by atoms with van der Waals surface area (Å²) in [5.74, 6) is 1.24. The van der Waals surface area contributed by atoms with E-state index in [1.807, 2.05) is 36.4 Å². The highest BCUT2D eigenvalue weighted by molar-refractivity contribution is 8.00. The standard InChI is InChI=1S/C26H23N5O3S/c27-13-17-3-1-5-19(11-17)20-6-2-4-18(12-20)14-28-10-9-21-15-31(26(33)34-21)23-8-7-22-25(29-23)30-24(32)16-35-22/h1-8,11-12,21,28H,9-10,14-16H2,(H,29,30,32)/t21-/m0/s1. The summed E-state index contributed by atoms with van der Waals surface area (Å²) in [5.41, 5.74) is 3.85. The van der Waals surface area contributed by atoms with Crippen LogP contribution in [0.15, 0.2) is 65.6 Å². The van der Waals surface area contributed by atoms with E-state index in [-0.39, 0.29) is 12.0 Å². The Hall–Kier alpha value is -3.87. The van der Waals surface area contributed by atoms with Crippen molar-refractivity contribution in [3.05, 3.63) is 71.8 Å². The maximum Gasteiger partial charge on any atom is 0.415 e. The molecule has 2 aliphatic heterocycles. The fraction of sp³-hybridized carbons (Fsp3) is 0.231. The van der Waals surface area contributed by atoms with Crippen LogP contribution in [0.5, 0.6) is 0 Å². The molecule has 0 spiro atoms. The van der Waals surface area contributed by atoms with Crippen LogP contribution in [0.25, 0.3) is 11.1 Å². The predicted molar refractivity (Wildman–Crippen MR) is 134 cm³/mol. The predicted octanol–water partition coefficient (Wildman–Crippen LogP) is 4.17. The first-order chi connectivity index (χ1) is 17.1. The topological polar surface area (TPSA) is 107 Å². The average molecular weight is 486 g/mol. The summed E-state index contributed by atoms with van der Waals surface area (Å²) in [6.07, 6.45) is 0.00494. The largest absolute Gasteiger partial charge is 0.444 e. The van der Waals surface area contributed by atoms with Gasteiger partial charge in [0.25, 0.3) is 0 Å². The average Bonchev–Trinajstić information content (AvgIpc) is 3.26. The second kappa shape index (κ2) is 10.2. The van der Waals surface area contributed by atoms with Crippen LogP contribution in [-0.2, 0) is 16.1 Å². The molecule has 3 heterocycles. The number of nitrogens with zero attached hydrogens (tertiary/aromatic N) is 3. The minimum absolute atomic E-state index is 0.0960. The van der Waals surface area contributed by atoms with Crippen LogP contribution in [0.3, 0.4) is 0 Å². The summed E-state index contributed by atoms with van der Waals surface area (Å²) < 4.78 is 5.53. The quantitative estimate of drug-likeness (QED) is 0.484. The molecule has 1 atom stereocenters. The molecule has 1 saturated heterocycles. The molecule has 0 unspecified atom stereocenters. The molecule has 1 fully saturated rings. The van der Waals surface area contributed by atoms with Crippen molar-refractivity contribution >= 4 is 35.4 Å². The summed E-state index contributed by atoms with van der Waals surface area (Å²) >= 11 is 1.43. The Morgan fingerprint density at radius 1 is 1.14 bits per heavy atom. The fourth-order valence-corrected chi connectivity index (χ4v) is 4.84. The molecule has 5 rings (SSSR count). The second-order valence-corrected chi connectivity index (χ2v) is 9.35. The van der Waals surface area contributed by atoms with Crippen molar-refractivity contribution in [2.45, 2.75) is 24.0 Å². The first kappa shape index (κ1) is 22.9. The number of cyclic esters (lactones) is 1. The fourth-order valence-electron chi connectivity index (χ4n) is 4.09. The maximum atomic E-state index is 12.4. The molecule has 8 nitrogen and oxygen atoms in total. The van der Waals surface area contributed by atoms with Gasteiger partial charge in [0.2, 0.25) is 5.91 Å². The lowest BCUT2D eigenvalue weighted by Gasteiger charge is -2.18. The van der Waals surface area contributed by atoms with E-state index in [4.69, 9.17) is 10.00 Å². The van der Waals surface area contributed by atoms with E-state index in [0.717, 1.165) is 21.6 Å². The SMILES string of the molecule is N#Cc1cccc(-c2cccc(CNCC[C@H]3CN(c4ccc5c(n4)NC(=O)CS5)C(=O)O3)c2)c1. The number of thioether (sulfide) groups is 1. The van der Waals surface area contributed by atoms with E-state index in [1.54, 1.807) is 12.1 Å². The van der Waals surface area contributed by atoms with Gasteiger partial charge in [-0.2, -0.15) is 5.26 Å². The normalized spacial score (nSPS) is 16.9. The number of rotatable bonds is 7. The number of hydrogen-bond donors (Lipinski definition) is 2. The number of hydrogen-bond acceptors (Lipinski definition) is 7. The number of benzene rings is 2. The molecule has 2 aromatic carbocycles. The number of ether oxygens (including phenoxy) is 1. The van der Waals surface area contributed by atoms with E-state index in [2.05, 4.69) is 33.8 Å². The van der Waals surface area contributed by atoms with Crippen LogP contribution in [0.2, 0.25) is 0 Å². The van der Waals surface area contributed by atoms with Gasteiger partial charge in [-0.3, -0.25) is 9.69 Å². The Morgan fingerprint density at radius 2 is 1.97 bits per heavy atom. The third-order valence-electron chi connectivity index (χ3n) is 5.83. The smallest absolute Gasteiger partial charge is 0.415 e. The lowest BCUT2D eigenvalue weighted by Crippen LogP contribution is -2.28. The highest BCUT2D eigenvalue weighted by Gasteiger charge is 2.33. The van der Waals surface area contributed by atoms with Crippen molar-refractivity contribution in [3.63, 3.8) is 0 Å². The number of aromatic nitrogens is 1. The summed E-state index contributed by atoms with van der Waals surface area (Å²) in [6.45, 7) is 1.78. The molecule has 0 bridgehead atoms. The van der Waals surface area contributed by atoms with E-state index in [9.17, 15) is 9.59 Å². The van der Waals surface area contributed by atoms with E-state index in [1.165, 1.54) is 16.7 Å². The van der Waals surface area contributed by atoms with E-state index >= 15 is 0 Å². The lowest BCUT2D eigenvalue weighted by molar-refractivity contribution is -0.113.